The van der Waals surface area contributed by atoms with Crippen molar-refractivity contribution < 1.29 is 14.3 Å². The number of rotatable bonds is 9. The van der Waals surface area contributed by atoms with Crippen molar-refractivity contribution >= 4 is 35.0 Å². The van der Waals surface area contributed by atoms with Crippen molar-refractivity contribution in [2.24, 2.45) is 5.92 Å². The van der Waals surface area contributed by atoms with Gasteiger partial charge in [-0.2, -0.15) is 0 Å². The van der Waals surface area contributed by atoms with E-state index in [1.165, 1.54) is 23.1 Å². The van der Waals surface area contributed by atoms with Crippen LogP contribution in [0.3, 0.4) is 0 Å². The van der Waals surface area contributed by atoms with Crippen molar-refractivity contribution in [3.05, 3.63) is 47.0 Å². The van der Waals surface area contributed by atoms with Gasteiger partial charge in [0.1, 0.15) is 0 Å². The first-order chi connectivity index (χ1) is 12.5. The third kappa shape index (κ3) is 6.46. The van der Waals surface area contributed by atoms with Crippen LogP contribution in [0.4, 0.5) is 0 Å². The van der Waals surface area contributed by atoms with E-state index in [1.54, 1.807) is 6.92 Å². The molecule has 1 unspecified atom stereocenters. The summed E-state index contributed by atoms with van der Waals surface area (Å²) >= 11 is 2.82. The van der Waals surface area contributed by atoms with E-state index < -0.39 is 0 Å². The number of thiazole rings is 1. The fraction of sp³-hybridized carbons (Fsp3) is 0.421. The van der Waals surface area contributed by atoms with Crippen molar-refractivity contribution in [2.75, 3.05) is 12.4 Å². The second-order valence-electron chi connectivity index (χ2n) is 6.08. The summed E-state index contributed by atoms with van der Waals surface area (Å²) in [5.74, 6) is 0.277. The predicted molar refractivity (Wildman–Crippen MR) is 105 cm³/mol. The molecular formula is C19H24N2O3S2. The molecule has 26 heavy (non-hydrogen) atoms. The zero-order valence-corrected chi connectivity index (χ0v) is 16.9. The summed E-state index contributed by atoms with van der Waals surface area (Å²) in [5.41, 5.74) is 1.78. The summed E-state index contributed by atoms with van der Waals surface area (Å²) in [6.45, 7) is 6.32. The van der Waals surface area contributed by atoms with Crippen LogP contribution in [0, 0.1) is 5.92 Å². The molecule has 0 radical (unpaired) electrons. The van der Waals surface area contributed by atoms with Gasteiger partial charge >= 0.3 is 5.97 Å². The Balaban J connectivity index is 1.86. The van der Waals surface area contributed by atoms with Crippen LogP contribution < -0.4 is 5.32 Å². The first kappa shape index (κ1) is 20.5. The number of thioether (sulfide) groups is 1. The highest BCUT2D eigenvalue weighted by atomic mass is 32.2. The third-order valence-electron chi connectivity index (χ3n) is 3.63. The maximum atomic E-state index is 12.3. The highest BCUT2D eigenvalue weighted by Gasteiger charge is 2.18. The van der Waals surface area contributed by atoms with Gasteiger partial charge in [0.25, 0.3) is 0 Å². The fourth-order valence-electron chi connectivity index (χ4n) is 2.43. The highest BCUT2D eigenvalue weighted by Crippen LogP contribution is 2.25. The molecule has 0 aliphatic heterocycles. The number of carbonyl (C=O) groups excluding carboxylic acids is 2. The smallest absolute Gasteiger partial charge is 0.311 e. The van der Waals surface area contributed by atoms with Crippen LogP contribution in [0.2, 0.25) is 0 Å². The van der Waals surface area contributed by atoms with Gasteiger partial charge in [-0.25, -0.2) is 4.98 Å². The second kappa shape index (κ2) is 10.3. The van der Waals surface area contributed by atoms with Gasteiger partial charge < -0.3 is 10.1 Å². The van der Waals surface area contributed by atoms with Crippen molar-refractivity contribution in [1.29, 1.82) is 0 Å². The Hall–Kier alpha value is -1.86. The van der Waals surface area contributed by atoms with Crippen molar-refractivity contribution in [1.82, 2.24) is 10.3 Å². The number of benzene rings is 1. The second-order valence-corrected chi connectivity index (χ2v) is 8.16. The van der Waals surface area contributed by atoms with E-state index in [0.717, 1.165) is 9.90 Å². The molecule has 1 heterocycles. The number of amides is 1. The zero-order chi connectivity index (χ0) is 18.9. The molecule has 0 saturated heterocycles. The number of carbonyl (C=O) groups is 2. The average Bonchev–Trinajstić information content (AvgIpc) is 3.06. The molecule has 2 aromatic rings. The van der Waals surface area contributed by atoms with E-state index in [9.17, 15) is 9.59 Å². The molecule has 1 atom stereocenters. The average molecular weight is 393 g/mol. The van der Waals surface area contributed by atoms with Crippen LogP contribution in [0.15, 0.2) is 40.1 Å². The van der Waals surface area contributed by atoms with Crippen molar-refractivity contribution in [3.8, 4) is 0 Å². The molecule has 2 rings (SSSR count). The third-order valence-corrected chi connectivity index (χ3v) is 5.70. The lowest BCUT2D eigenvalue weighted by Crippen LogP contribution is -2.32. The molecular weight excluding hydrogens is 368 g/mol. The maximum absolute atomic E-state index is 12.3. The Morgan fingerprint density at radius 1 is 1.27 bits per heavy atom. The van der Waals surface area contributed by atoms with E-state index in [0.29, 0.717) is 24.0 Å². The van der Waals surface area contributed by atoms with Gasteiger partial charge in [0.15, 0.2) is 4.34 Å². The quantitative estimate of drug-likeness (QED) is 0.518. The van der Waals surface area contributed by atoms with E-state index >= 15 is 0 Å². The molecule has 0 saturated carbocycles. The summed E-state index contributed by atoms with van der Waals surface area (Å²) in [5, 5.41) is 4.93. The fourth-order valence-corrected chi connectivity index (χ4v) is 4.09. The van der Waals surface area contributed by atoms with Crippen LogP contribution >= 0.6 is 23.1 Å². The first-order valence-electron chi connectivity index (χ1n) is 8.56. The maximum Gasteiger partial charge on any atom is 0.311 e. The molecule has 1 aromatic heterocycles. The van der Waals surface area contributed by atoms with Gasteiger partial charge in [-0.3, -0.25) is 9.59 Å². The Morgan fingerprint density at radius 2 is 2.00 bits per heavy atom. The van der Waals surface area contributed by atoms with Crippen molar-refractivity contribution in [3.63, 3.8) is 0 Å². The van der Waals surface area contributed by atoms with Crippen molar-refractivity contribution in [2.45, 2.75) is 37.6 Å². The molecule has 140 valence electrons. The molecule has 0 spiro atoms. The minimum Gasteiger partial charge on any atom is -0.466 e. The molecule has 0 bridgehead atoms. The SMILES string of the molecule is CCOC(=O)Cc1csc(SCC(=O)NC(c2ccccc2)C(C)C)n1. The topological polar surface area (TPSA) is 68.3 Å². The van der Waals surface area contributed by atoms with Crippen LogP contribution in [0.1, 0.15) is 38.1 Å². The van der Waals surface area contributed by atoms with E-state index in [-0.39, 0.29) is 24.3 Å². The number of ether oxygens (including phenoxy) is 1. The molecule has 5 nitrogen and oxygen atoms in total. The molecule has 0 aliphatic rings. The Labute approximate surface area is 162 Å². The van der Waals surface area contributed by atoms with Gasteiger partial charge in [0.2, 0.25) is 5.91 Å². The molecule has 1 aromatic carbocycles. The van der Waals surface area contributed by atoms with Crippen LogP contribution in [-0.4, -0.2) is 29.2 Å². The van der Waals surface area contributed by atoms with Crippen LogP contribution in [0.5, 0.6) is 0 Å². The summed E-state index contributed by atoms with van der Waals surface area (Å²) < 4.78 is 5.69. The lowest BCUT2D eigenvalue weighted by molar-refractivity contribution is -0.142. The molecule has 7 heteroatoms. The lowest BCUT2D eigenvalue weighted by atomic mass is 9.96. The summed E-state index contributed by atoms with van der Waals surface area (Å²) in [7, 11) is 0. The Morgan fingerprint density at radius 3 is 2.65 bits per heavy atom. The summed E-state index contributed by atoms with van der Waals surface area (Å²) in [6.07, 6.45) is 0.167. The lowest BCUT2D eigenvalue weighted by Gasteiger charge is -2.22. The number of nitrogens with zero attached hydrogens (tertiary/aromatic N) is 1. The minimum atomic E-state index is -0.283. The van der Waals surface area contributed by atoms with Gasteiger partial charge in [0.05, 0.1) is 30.5 Å². The molecule has 0 aliphatic carbocycles. The van der Waals surface area contributed by atoms with Gasteiger partial charge in [-0.15, -0.1) is 11.3 Å². The molecule has 1 amide bonds. The largest absolute Gasteiger partial charge is 0.466 e. The van der Waals surface area contributed by atoms with E-state index in [4.69, 9.17) is 4.74 Å². The zero-order valence-electron chi connectivity index (χ0n) is 15.2. The predicted octanol–water partition coefficient (Wildman–Crippen LogP) is 3.85. The number of esters is 1. The van der Waals surface area contributed by atoms with Gasteiger partial charge in [-0.1, -0.05) is 55.9 Å². The number of hydrogen-bond acceptors (Lipinski definition) is 6. The molecule has 1 N–H and O–H groups in total. The van der Waals surface area contributed by atoms with Gasteiger partial charge in [-0.05, 0) is 18.4 Å². The summed E-state index contributed by atoms with van der Waals surface area (Å²) in [4.78, 5) is 28.2. The monoisotopic (exact) mass is 392 g/mol. The Kier molecular flexibility index (Phi) is 8.12. The van der Waals surface area contributed by atoms with E-state index in [1.807, 2.05) is 35.7 Å². The standard InChI is InChI=1S/C19H24N2O3S2/c1-4-24-17(23)10-15-11-25-19(20-15)26-12-16(22)21-18(13(2)3)14-8-6-5-7-9-14/h5-9,11,13,18H,4,10,12H2,1-3H3,(H,21,22). The van der Waals surface area contributed by atoms with Crippen LogP contribution in [-0.2, 0) is 20.7 Å². The number of nitrogens with one attached hydrogen (secondary N) is 1. The first-order valence-corrected chi connectivity index (χ1v) is 10.4. The minimum absolute atomic E-state index is 0.0139. The van der Waals surface area contributed by atoms with Crippen LogP contribution in [0.25, 0.3) is 0 Å². The van der Waals surface area contributed by atoms with E-state index in [2.05, 4.69) is 24.1 Å². The summed E-state index contributed by atoms with van der Waals surface area (Å²) in [6, 6.07) is 9.97. The van der Waals surface area contributed by atoms with Gasteiger partial charge in [0, 0.05) is 5.38 Å². The normalized spacial score (nSPS) is 12.0. The molecule has 0 fully saturated rings. The highest BCUT2D eigenvalue weighted by molar-refractivity contribution is 8.01. The Bertz CT molecular complexity index is 717. The number of hydrogen-bond donors (Lipinski definition) is 1. The number of aromatic nitrogens is 1.